The minimum atomic E-state index is -0.988. The minimum absolute atomic E-state index is 0.260. The lowest BCUT2D eigenvalue weighted by Crippen LogP contribution is -2.52. The fraction of sp³-hybridized carbons (Fsp3) is 0.323. The summed E-state index contributed by atoms with van der Waals surface area (Å²) in [5, 5.41) is 21.3. The molecule has 1 aliphatic heterocycles. The molecule has 4 aromatic rings. The van der Waals surface area contributed by atoms with Crippen LogP contribution in [0.15, 0.2) is 77.3 Å². The monoisotopic (exact) mass is 555 g/mol. The summed E-state index contributed by atoms with van der Waals surface area (Å²) in [5.41, 5.74) is 1.88. The van der Waals surface area contributed by atoms with E-state index >= 15 is 0 Å². The average molecular weight is 556 g/mol. The molecule has 10 heteroatoms. The van der Waals surface area contributed by atoms with Gasteiger partial charge in [-0.15, -0.1) is 0 Å². The van der Waals surface area contributed by atoms with Crippen molar-refractivity contribution in [1.82, 2.24) is 25.7 Å². The summed E-state index contributed by atoms with van der Waals surface area (Å²) in [6, 6.07) is 22.2. The van der Waals surface area contributed by atoms with Crippen LogP contribution in [0.4, 0.5) is 4.79 Å². The fourth-order valence-electron chi connectivity index (χ4n) is 5.21. The Bertz CT molecular complexity index is 1510. The van der Waals surface area contributed by atoms with Crippen LogP contribution in [0.25, 0.3) is 10.8 Å². The van der Waals surface area contributed by atoms with Crippen LogP contribution >= 0.6 is 0 Å². The topological polar surface area (TPSA) is 138 Å². The highest BCUT2D eigenvalue weighted by atomic mass is 16.5. The SMILES string of the molecule is Cc1noc([C@@H](Cc2ccccc2)NC(=O)[C@@H](Cc2ccc3ccccc3c2)NC(=O)C2CCN(C(=O)O)CC2)n1. The molecule has 0 saturated carbocycles. The van der Waals surface area contributed by atoms with Crippen LogP contribution in [-0.2, 0) is 22.4 Å². The number of carboxylic acid groups (broad SMARTS) is 1. The lowest BCUT2D eigenvalue weighted by Gasteiger charge is -2.30. The van der Waals surface area contributed by atoms with Gasteiger partial charge in [-0.2, -0.15) is 4.98 Å². The van der Waals surface area contributed by atoms with Crippen LogP contribution in [0, 0.1) is 12.8 Å². The van der Waals surface area contributed by atoms with Crippen molar-refractivity contribution >= 4 is 28.7 Å². The van der Waals surface area contributed by atoms with E-state index in [2.05, 4.69) is 20.8 Å². The largest absolute Gasteiger partial charge is 0.465 e. The second-order valence-corrected chi connectivity index (χ2v) is 10.4. The normalized spacial score (nSPS) is 15.3. The van der Waals surface area contributed by atoms with E-state index in [9.17, 15) is 19.5 Å². The van der Waals surface area contributed by atoms with Gasteiger partial charge in [0.1, 0.15) is 12.1 Å². The number of hydrogen-bond acceptors (Lipinski definition) is 6. The Kier molecular flexibility index (Phi) is 8.57. The van der Waals surface area contributed by atoms with Gasteiger partial charge in [0.05, 0.1) is 0 Å². The first-order chi connectivity index (χ1) is 19.9. The fourth-order valence-corrected chi connectivity index (χ4v) is 5.21. The quantitative estimate of drug-likeness (QED) is 0.283. The number of fused-ring (bicyclic) bond motifs is 1. The summed E-state index contributed by atoms with van der Waals surface area (Å²) in [6.07, 6.45) is 0.523. The number of piperidine rings is 1. The van der Waals surface area contributed by atoms with Gasteiger partial charge in [-0.3, -0.25) is 9.59 Å². The van der Waals surface area contributed by atoms with Gasteiger partial charge in [-0.05, 0) is 41.7 Å². The van der Waals surface area contributed by atoms with Crippen molar-refractivity contribution in [3.63, 3.8) is 0 Å². The van der Waals surface area contributed by atoms with Crippen molar-refractivity contribution in [1.29, 1.82) is 0 Å². The van der Waals surface area contributed by atoms with Crippen molar-refractivity contribution < 1.29 is 24.0 Å². The molecule has 0 radical (unpaired) electrons. The predicted octanol–water partition coefficient (Wildman–Crippen LogP) is 4.05. The number of carbonyl (C=O) groups excluding carboxylic acids is 2. The third kappa shape index (κ3) is 7.08. The number of aryl methyl sites for hydroxylation is 1. The van der Waals surface area contributed by atoms with E-state index in [0.717, 1.165) is 21.9 Å². The molecule has 1 aliphatic rings. The van der Waals surface area contributed by atoms with Crippen LogP contribution in [0.5, 0.6) is 0 Å². The van der Waals surface area contributed by atoms with Crippen LogP contribution < -0.4 is 10.6 Å². The minimum Gasteiger partial charge on any atom is -0.465 e. The Morgan fingerprint density at radius 2 is 1.63 bits per heavy atom. The van der Waals surface area contributed by atoms with E-state index in [1.54, 1.807) is 6.92 Å². The van der Waals surface area contributed by atoms with Gasteiger partial charge in [-0.1, -0.05) is 78.0 Å². The molecule has 1 aromatic heterocycles. The summed E-state index contributed by atoms with van der Waals surface area (Å²) >= 11 is 0. The highest BCUT2D eigenvalue weighted by molar-refractivity contribution is 5.89. The highest BCUT2D eigenvalue weighted by Gasteiger charge is 2.32. The number of hydrogen-bond donors (Lipinski definition) is 3. The summed E-state index contributed by atoms with van der Waals surface area (Å²) in [7, 11) is 0. The number of nitrogens with zero attached hydrogens (tertiary/aromatic N) is 3. The van der Waals surface area contributed by atoms with Crippen molar-refractivity contribution in [2.75, 3.05) is 13.1 Å². The summed E-state index contributed by atoms with van der Waals surface area (Å²) in [6.45, 7) is 2.28. The third-order valence-corrected chi connectivity index (χ3v) is 7.46. The van der Waals surface area contributed by atoms with Gasteiger partial charge in [0.15, 0.2) is 5.82 Å². The smallest absolute Gasteiger partial charge is 0.407 e. The maximum Gasteiger partial charge on any atom is 0.407 e. The molecule has 10 nitrogen and oxygen atoms in total. The molecule has 41 heavy (non-hydrogen) atoms. The third-order valence-electron chi connectivity index (χ3n) is 7.46. The highest BCUT2D eigenvalue weighted by Crippen LogP contribution is 2.21. The Balaban J connectivity index is 1.37. The number of nitrogens with one attached hydrogen (secondary N) is 2. The zero-order valence-corrected chi connectivity index (χ0v) is 22.8. The lowest BCUT2D eigenvalue weighted by atomic mass is 9.94. The predicted molar refractivity (Wildman–Crippen MR) is 152 cm³/mol. The average Bonchev–Trinajstić information content (AvgIpc) is 3.43. The first-order valence-electron chi connectivity index (χ1n) is 13.8. The van der Waals surface area contributed by atoms with E-state index in [1.165, 1.54) is 4.90 Å². The van der Waals surface area contributed by atoms with Gasteiger partial charge in [-0.25, -0.2) is 4.79 Å². The molecule has 5 rings (SSSR count). The van der Waals surface area contributed by atoms with E-state index in [-0.39, 0.29) is 43.1 Å². The second kappa shape index (κ2) is 12.6. The summed E-state index contributed by atoms with van der Waals surface area (Å²) in [4.78, 5) is 44.2. The molecule has 212 valence electrons. The van der Waals surface area contributed by atoms with Gasteiger partial charge in [0.2, 0.25) is 17.7 Å². The maximum atomic E-state index is 13.8. The van der Waals surface area contributed by atoms with Crippen LogP contribution in [0.2, 0.25) is 0 Å². The number of amides is 3. The summed E-state index contributed by atoms with van der Waals surface area (Å²) < 4.78 is 5.44. The Hall–Kier alpha value is -4.73. The molecular weight excluding hydrogens is 522 g/mol. The maximum absolute atomic E-state index is 13.8. The molecule has 0 aliphatic carbocycles. The van der Waals surface area contributed by atoms with Crippen molar-refractivity contribution in [2.45, 2.75) is 44.7 Å². The van der Waals surface area contributed by atoms with E-state index in [4.69, 9.17) is 4.52 Å². The van der Waals surface area contributed by atoms with E-state index in [0.29, 0.717) is 25.1 Å². The molecular formula is C31H33N5O5. The molecule has 3 amide bonds. The van der Waals surface area contributed by atoms with Gasteiger partial charge in [0.25, 0.3) is 0 Å². The van der Waals surface area contributed by atoms with Crippen LogP contribution in [-0.4, -0.2) is 57.2 Å². The first-order valence-corrected chi connectivity index (χ1v) is 13.8. The van der Waals surface area contributed by atoms with Crippen molar-refractivity contribution in [3.8, 4) is 0 Å². The van der Waals surface area contributed by atoms with E-state index in [1.807, 2.05) is 72.8 Å². The Morgan fingerprint density at radius 1 is 0.927 bits per heavy atom. The van der Waals surface area contributed by atoms with Gasteiger partial charge < -0.3 is 25.2 Å². The zero-order valence-electron chi connectivity index (χ0n) is 22.8. The first kappa shape index (κ1) is 27.8. The number of benzene rings is 3. The molecule has 0 spiro atoms. The van der Waals surface area contributed by atoms with Gasteiger partial charge >= 0.3 is 6.09 Å². The molecule has 3 aromatic carbocycles. The molecule has 3 N–H and O–H groups in total. The molecule has 2 heterocycles. The Labute approximate surface area is 237 Å². The number of carbonyl (C=O) groups is 3. The molecule has 0 bridgehead atoms. The molecule has 2 atom stereocenters. The standard InChI is InChI=1S/C31H33N5O5/c1-20-32-30(41-35-20)27(18-21-7-3-2-4-8-21)34-29(38)26(19-22-11-12-23-9-5-6-10-25(23)17-22)33-28(37)24-13-15-36(16-14-24)31(39)40/h2-12,17,24,26-27H,13-16,18-19H2,1H3,(H,33,37)(H,34,38)(H,39,40)/t26-,27-/m1/s1. The number of likely N-dealkylation sites (tertiary alicyclic amines) is 1. The van der Waals surface area contributed by atoms with Crippen LogP contribution in [0.1, 0.15) is 41.7 Å². The second-order valence-electron chi connectivity index (χ2n) is 10.4. The van der Waals surface area contributed by atoms with Crippen molar-refractivity contribution in [2.24, 2.45) is 5.92 Å². The number of aromatic nitrogens is 2. The van der Waals surface area contributed by atoms with E-state index < -0.39 is 18.2 Å². The Morgan fingerprint density at radius 3 is 2.32 bits per heavy atom. The van der Waals surface area contributed by atoms with Crippen molar-refractivity contribution in [3.05, 3.63) is 95.6 Å². The molecule has 1 saturated heterocycles. The summed E-state index contributed by atoms with van der Waals surface area (Å²) in [5.74, 6) is -0.260. The lowest BCUT2D eigenvalue weighted by molar-refractivity contribution is -0.132. The van der Waals surface area contributed by atoms with Crippen LogP contribution in [0.3, 0.4) is 0 Å². The number of rotatable bonds is 9. The molecule has 1 fully saturated rings. The van der Waals surface area contributed by atoms with Gasteiger partial charge in [0, 0.05) is 31.8 Å². The zero-order chi connectivity index (χ0) is 28.8. The molecule has 0 unspecified atom stereocenters.